The molecule has 160 valence electrons. The molecule has 1 aromatic carbocycles. The lowest BCUT2D eigenvalue weighted by molar-refractivity contribution is -0.138. The van der Waals surface area contributed by atoms with E-state index in [9.17, 15) is 27.5 Å². The molecule has 30 heavy (non-hydrogen) atoms. The summed E-state index contributed by atoms with van der Waals surface area (Å²) in [6.45, 7) is 1.30. The Morgan fingerprint density at radius 2 is 2.13 bits per heavy atom. The van der Waals surface area contributed by atoms with E-state index in [0.29, 0.717) is 5.56 Å². The number of halogens is 4. The fourth-order valence-corrected chi connectivity index (χ4v) is 4.51. The number of anilines is 1. The number of ether oxygens (including phenoxy) is 1. The average molecular weight is 424 g/mol. The number of aromatic nitrogens is 1. The first-order chi connectivity index (χ1) is 14.1. The van der Waals surface area contributed by atoms with Gasteiger partial charge in [-0.15, -0.1) is 0 Å². The van der Waals surface area contributed by atoms with Gasteiger partial charge in [-0.25, -0.2) is 4.98 Å². The molecule has 0 saturated carbocycles. The molecule has 1 amide bonds. The van der Waals surface area contributed by atoms with Crippen molar-refractivity contribution in [3.63, 3.8) is 0 Å². The van der Waals surface area contributed by atoms with E-state index < -0.39 is 47.3 Å². The van der Waals surface area contributed by atoms with Crippen molar-refractivity contribution in [1.29, 1.82) is 0 Å². The van der Waals surface area contributed by atoms with Crippen LogP contribution in [-0.2, 0) is 22.1 Å². The molecule has 0 aliphatic carbocycles. The Hall–Kier alpha value is -2.52. The number of hydrogen-bond donors (Lipinski definition) is 2. The normalized spacial score (nSPS) is 28.0. The number of fused-ring (bicyclic) bond motifs is 2. The van der Waals surface area contributed by atoms with Crippen molar-refractivity contribution in [3.8, 4) is 0 Å². The monoisotopic (exact) mass is 424 g/mol. The van der Waals surface area contributed by atoms with Crippen molar-refractivity contribution in [2.24, 2.45) is 5.41 Å². The molecule has 4 rings (SSSR count). The molecule has 2 aliphatic rings. The fourth-order valence-electron chi connectivity index (χ4n) is 4.51. The maximum Gasteiger partial charge on any atom is 0.416 e. The van der Waals surface area contributed by atoms with Crippen LogP contribution in [0.2, 0.25) is 0 Å². The summed E-state index contributed by atoms with van der Waals surface area (Å²) >= 11 is 0. The minimum atomic E-state index is -4.54. The van der Waals surface area contributed by atoms with E-state index in [0.717, 1.165) is 6.07 Å². The van der Waals surface area contributed by atoms with Gasteiger partial charge >= 0.3 is 6.18 Å². The minimum Gasteiger partial charge on any atom is -0.390 e. The van der Waals surface area contributed by atoms with Gasteiger partial charge in [0.05, 0.1) is 29.3 Å². The maximum atomic E-state index is 13.6. The number of pyridine rings is 1. The predicted octanol–water partition coefficient (Wildman–Crippen LogP) is 3.64. The van der Waals surface area contributed by atoms with Crippen LogP contribution in [-0.4, -0.2) is 34.3 Å². The Kier molecular flexibility index (Phi) is 5.06. The molecule has 0 spiro atoms. The van der Waals surface area contributed by atoms with Gasteiger partial charge < -0.3 is 15.2 Å². The third-order valence-electron chi connectivity index (χ3n) is 6.06. The van der Waals surface area contributed by atoms with Crippen LogP contribution in [0.25, 0.3) is 0 Å². The Balaban J connectivity index is 1.67. The number of rotatable bonds is 4. The van der Waals surface area contributed by atoms with Crippen LogP contribution in [0.3, 0.4) is 0 Å². The number of carbonyl (C=O) groups excluding carboxylic acids is 1. The fraction of sp³-hybridized carbons (Fsp3) is 0.429. The number of nitrogens with zero attached hydrogens (tertiary/aromatic N) is 1. The van der Waals surface area contributed by atoms with Crippen molar-refractivity contribution in [3.05, 3.63) is 59.2 Å². The van der Waals surface area contributed by atoms with Gasteiger partial charge in [-0.2, -0.15) is 17.6 Å². The highest BCUT2D eigenvalue weighted by molar-refractivity contribution is 5.97. The highest BCUT2D eigenvalue weighted by atomic mass is 19.4. The second kappa shape index (κ2) is 7.31. The van der Waals surface area contributed by atoms with Crippen molar-refractivity contribution in [2.75, 3.05) is 5.32 Å². The van der Waals surface area contributed by atoms with Gasteiger partial charge in [0.2, 0.25) is 11.9 Å². The summed E-state index contributed by atoms with van der Waals surface area (Å²) in [7, 11) is 0. The van der Waals surface area contributed by atoms with Crippen molar-refractivity contribution in [2.45, 2.75) is 50.7 Å². The van der Waals surface area contributed by atoms with E-state index in [1.807, 2.05) is 0 Å². The van der Waals surface area contributed by atoms with Crippen molar-refractivity contribution >= 4 is 11.6 Å². The number of benzene rings is 1. The van der Waals surface area contributed by atoms with Crippen molar-refractivity contribution in [1.82, 2.24) is 4.98 Å². The van der Waals surface area contributed by atoms with Crippen LogP contribution in [0.15, 0.2) is 36.5 Å². The second-order valence-electron chi connectivity index (χ2n) is 7.92. The molecule has 2 N–H and O–H groups in total. The molecule has 2 bridgehead atoms. The van der Waals surface area contributed by atoms with Gasteiger partial charge in [0.1, 0.15) is 0 Å². The van der Waals surface area contributed by atoms with Crippen LogP contribution in [0.4, 0.5) is 23.2 Å². The zero-order valence-electron chi connectivity index (χ0n) is 16.0. The summed E-state index contributed by atoms with van der Waals surface area (Å²) in [5.74, 6) is -1.21. The SMILES string of the molecule is Cc1c(NC(=O)[C@@]2(Cc3ccnc(F)c3)C[C@H]3O[C@@H]2C[C@@H]3O)cccc1C(F)(F)F. The highest BCUT2D eigenvalue weighted by Gasteiger charge is 2.60. The van der Waals surface area contributed by atoms with E-state index in [-0.39, 0.29) is 30.5 Å². The first kappa shape index (κ1) is 20.7. The van der Waals surface area contributed by atoms with Crippen LogP contribution >= 0.6 is 0 Å². The smallest absolute Gasteiger partial charge is 0.390 e. The first-order valence-corrected chi connectivity index (χ1v) is 9.52. The number of hydrogen-bond acceptors (Lipinski definition) is 4. The van der Waals surface area contributed by atoms with Gasteiger partial charge in [-0.05, 0) is 55.2 Å². The van der Waals surface area contributed by atoms with E-state index in [2.05, 4.69) is 10.3 Å². The van der Waals surface area contributed by atoms with Gasteiger partial charge in [-0.3, -0.25) is 4.79 Å². The zero-order chi connectivity index (χ0) is 21.7. The molecule has 3 heterocycles. The number of alkyl halides is 3. The predicted molar refractivity (Wildman–Crippen MR) is 99.0 cm³/mol. The Labute approximate surface area is 170 Å². The third kappa shape index (κ3) is 3.56. The van der Waals surface area contributed by atoms with Gasteiger partial charge in [0.25, 0.3) is 0 Å². The van der Waals surface area contributed by atoms with Gasteiger partial charge in [-0.1, -0.05) is 6.07 Å². The molecule has 2 aromatic rings. The van der Waals surface area contributed by atoms with E-state index in [1.165, 1.54) is 31.3 Å². The molecular weight excluding hydrogens is 404 g/mol. The lowest BCUT2D eigenvalue weighted by Gasteiger charge is -2.35. The van der Waals surface area contributed by atoms with Crippen LogP contribution in [0.1, 0.15) is 29.5 Å². The molecule has 2 aliphatic heterocycles. The summed E-state index contributed by atoms with van der Waals surface area (Å²) < 4.78 is 59.0. The number of carbonyl (C=O) groups is 1. The maximum absolute atomic E-state index is 13.6. The molecule has 0 radical (unpaired) electrons. The summed E-state index contributed by atoms with van der Waals surface area (Å²) in [5.41, 5.74) is -1.49. The summed E-state index contributed by atoms with van der Waals surface area (Å²) in [4.78, 5) is 16.9. The van der Waals surface area contributed by atoms with Gasteiger partial charge in [0, 0.05) is 18.3 Å². The Morgan fingerprint density at radius 1 is 1.37 bits per heavy atom. The quantitative estimate of drug-likeness (QED) is 0.581. The number of aliphatic hydroxyl groups excluding tert-OH is 1. The Morgan fingerprint density at radius 3 is 2.73 bits per heavy atom. The zero-order valence-corrected chi connectivity index (χ0v) is 16.0. The molecule has 9 heteroatoms. The topological polar surface area (TPSA) is 71.5 Å². The lowest BCUT2D eigenvalue weighted by atomic mass is 9.68. The minimum absolute atomic E-state index is 0.0541. The largest absolute Gasteiger partial charge is 0.416 e. The molecule has 2 fully saturated rings. The Bertz CT molecular complexity index is 979. The molecule has 4 atom stereocenters. The third-order valence-corrected chi connectivity index (χ3v) is 6.06. The van der Waals surface area contributed by atoms with Crippen LogP contribution in [0.5, 0.6) is 0 Å². The number of aliphatic hydroxyl groups is 1. The molecular formula is C21H20F4N2O3. The number of nitrogens with one attached hydrogen (secondary N) is 1. The van der Waals surface area contributed by atoms with Gasteiger partial charge in [0.15, 0.2) is 0 Å². The highest BCUT2D eigenvalue weighted by Crippen LogP contribution is 2.50. The van der Waals surface area contributed by atoms with E-state index in [1.54, 1.807) is 6.07 Å². The molecule has 1 aromatic heterocycles. The molecule has 5 nitrogen and oxygen atoms in total. The summed E-state index contributed by atoms with van der Waals surface area (Å²) in [6, 6.07) is 6.39. The standard InChI is InChI=1S/C21H20F4N2O3/c1-11-13(21(23,24)25)3-2-4-14(11)27-19(29)20(9-12-5-6-26-18(22)7-12)10-16-15(28)8-17(20)30-16/h2-7,15-17,28H,8-10H2,1H3,(H,27,29)/t15-,16+,17+,20-/m0/s1. The lowest BCUT2D eigenvalue weighted by Crippen LogP contribution is -2.48. The van der Waals surface area contributed by atoms with Crippen molar-refractivity contribution < 1.29 is 32.2 Å². The number of amides is 1. The van der Waals surface area contributed by atoms with Crippen LogP contribution < -0.4 is 5.32 Å². The molecule has 2 saturated heterocycles. The summed E-state index contributed by atoms with van der Waals surface area (Å²) in [5, 5.41) is 12.7. The second-order valence-corrected chi connectivity index (χ2v) is 7.92. The first-order valence-electron chi connectivity index (χ1n) is 9.52. The molecule has 0 unspecified atom stereocenters. The van der Waals surface area contributed by atoms with E-state index in [4.69, 9.17) is 4.74 Å². The van der Waals surface area contributed by atoms with Crippen LogP contribution in [0, 0.1) is 18.3 Å². The summed E-state index contributed by atoms with van der Waals surface area (Å²) in [6.07, 6.45) is -4.60. The van der Waals surface area contributed by atoms with E-state index >= 15 is 0 Å². The average Bonchev–Trinajstić information content (AvgIpc) is 3.19.